The standard InChI is InChI=1S/C11H9N3O3/c15-14(16)10-5-3-9(4-6-10)13-12-8-11-2-1-7-17-11/h1-8,13H. The third-order valence-corrected chi connectivity index (χ3v) is 2.01. The molecule has 0 amide bonds. The molecule has 0 bridgehead atoms. The molecule has 2 rings (SSSR count). The van der Waals surface area contributed by atoms with Gasteiger partial charge in [0.25, 0.3) is 5.69 Å². The lowest BCUT2D eigenvalue weighted by Gasteiger charge is -1.98. The molecular weight excluding hydrogens is 222 g/mol. The summed E-state index contributed by atoms with van der Waals surface area (Å²) in [5.41, 5.74) is 3.45. The maximum Gasteiger partial charge on any atom is 0.269 e. The van der Waals surface area contributed by atoms with Gasteiger partial charge in [-0.2, -0.15) is 5.10 Å². The van der Waals surface area contributed by atoms with Crippen LogP contribution in [0.5, 0.6) is 0 Å². The average Bonchev–Trinajstić information content (AvgIpc) is 2.83. The number of nitrogens with one attached hydrogen (secondary N) is 1. The number of hydrogen-bond acceptors (Lipinski definition) is 5. The summed E-state index contributed by atoms with van der Waals surface area (Å²) >= 11 is 0. The number of anilines is 1. The van der Waals surface area contributed by atoms with E-state index in [1.165, 1.54) is 18.3 Å². The minimum Gasteiger partial charge on any atom is -0.463 e. The number of furan rings is 1. The third-order valence-electron chi connectivity index (χ3n) is 2.01. The van der Waals surface area contributed by atoms with Gasteiger partial charge < -0.3 is 4.42 Å². The Morgan fingerprint density at radius 2 is 2.06 bits per heavy atom. The number of non-ortho nitro benzene ring substituents is 1. The third kappa shape index (κ3) is 2.91. The highest BCUT2D eigenvalue weighted by Crippen LogP contribution is 2.15. The average molecular weight is 231 g/mol. The molecule has 0 spiro atoms. The van der Waals surface area contributed by atoms with E-state index in [2.05, 4.69) is 10.5 Å². The first-order valence-electron chi connectivity index (χ1n) is 4.83. The maximum atomic E-state index is 10.4. The fourth-order valence-corrected chi connectivity index (χ4v) is 1.19. The van der Waals surface area contributed by atoms with E-state index < -0.39 is 4.92 Å². The maximum absolute atomic E-state index is 10.4. The van der Waals surface area contributed by atoms with Crippen molar-refractivity contribution in [1.82, 2.24) is 0 Å². The predicted molar refractivity (Wildman–Crippen MR) is 63.0 cm³/mol. The Morgan fingerprint density at radius 3 is 2.65 bits per heavy atom. The second kappa shape index (κ2) is 4.93. The van der Waals surface area contributed by atoms with Crippen LogP contribution in [0.1, 0.15) is 5.76 Å². The molecule has 0 radical (unpaired) electrons. The fourth-order valence-electron chi connectivity index (χ4n) is 1.19. The minimum atomic E-state index is -0.449. The molecule has 0 aliphatic carbocycles. The lowest BCUT2D eigenvalue weighted by Crippen LogP contribution is -1.91. The summed E-state index contributed by atoms with van der Waals surface area (Å²) in [6, 6.07) is 9.50. The van der Waals surface area contributed by atoms with Crippen LogP contribution in [0.15, 0.2) is 52.2 Å². The molecule has 0 aliphatic heterocycles. The Morgan fingerprint density at radius 1 is 1.29 bits per heavy atom. The van der Waals surface area contributed by atoms with Crippen molar-refractivity contribution in [2.75, 3.05) is 5.43 Å². The van der Waals surface area contributed by atoms with E-state index in [4.69, 9.17) is 4.42 Å². The largest absolute Gasteiger partial charge is 0.463 e. The van der Waals surface area contributed by atoms with E-state index in [1.54, 1.807) is 30.5 Å². The number of hydrogen-bond donors (Lipinski definition) is 1. The van der Waals surface area contributed by atoms with Gasteiger partial charge in [0.2, 0.25) is 0 Å². The van der Waals surface area contributed by atoms with Crippen LogP contribution in [0.25, 0.3) is 0 Å². The molecule has 0 fully saturated rings. The number of nitro benzene ring substituents is 1. The first-order valence-corrected chi connectivity index (χ1v) is 4.83. The number of nitro groups is 1. The molecule has 1 heterocycles. The van der Waals surface area contributed by atoms with Gasteiger partial charge in [0.1, 0.15) is 5.76 Å². The Balaban J connectivity index is 1.97. The molecule has 6 heteroatoms. The van der Waals surface area contributed by atoms with E-state index in [9.17, 15) is 10.1 Å². The molecule has 2 aromatic rings. The van der Waals surface area contributed by atoms with Crippen LogP contribution in [0, 0.1) is 10.1 Å². The van der Waals surface area contributed by atoms with Crippen molar-refractivity contribution in [1.29, 1.82) is 0 Å². The van der Waals surface area contributed by atoms with Crippen molar-refractivity contribution in [2.24, 2.45) is 5.10 Å². The first kappa shape index (κ1) is 10.9. The molecule has 86 valence electrons. The molecule has 0 unspecified atom stereocenters. The monoisotopic (exact) mass is 231 g/mol. The van der Waals surface area contributed by atoms with Crippen molar-refractivity contribution in [2.45, 2.75) is 0 Å². The van der Waals surface area contributed by atoms with Crippen molar-refractivity contribution >= 4 is 17.6 Å². The van der Waals surface area contributed by atoms with E-state index in [-0.39, 0.29) is 5.69 Å². The Bertz CT molecular complexity index is 517. The lowest BCUT2D eigenvalue weighted by molar-refractivity contribution is -0.384. The van der Waals surface area contributed by atoms with E-state index in [1.807, 2.05) is 0 Å². The molecule has 0 atom stereocenters. The quantitative estimate of drug-likeness (QED) is 0.498. The van der Waals surface area contributed by atoms with Crippen LogP contribution in [0.2, 0.25) is 0 Å². The van der Waals surface area contributed by atoms with Crippen LogP contribution < -0.4 is 5.43 Å². The Hall–Kier alpha value is -2.63. The topological polar surface area (TPSA) is 80.7 Å². The van der Waals surface area contributed by atoms with Gasteiger partial charge in [0.05, 0.1) is 23.1 Å². The van der Waals surface area contributed by atoms with E-state index in [0.717, 1.165) is 0 Å². The van der Waals surface area contributed by atoms with Crippen molar-refractivity contribution in [3.05, 3.63) is 58.5 Å². The molecule has 1 N–H and O–H groups in total. The summed E-state index contributed by atoms with van der Waals surface area (Å²) in [5.74, 6) is 0.624. The van der Waals surface area contributed by atoms with Crippen LogP contribution in [0.3, 0.4) is 0 Å². The number of nitrogens with zero attached hydrogens (tertiary/aromatic N) is 2. The van der Waals surface area contributed by atoms with Gasteiger partial charge in [0, 0.05) is 12.1 Å². The molecule has 1 aromatic carbocycles. The second-order valence-corrected chi connectivity index (χ2v) is 3.19. The van der Waals surface area contributed by atoms with Crippen LogP contribution in [0.4, 0.5) is 11.4 Å². The van der Waals surface area contributed by atoms with Gasteiger partial charge in [-0.3, -0.25) is 15.5 Å². The summed E-state index contributed by atoms with van der Waals surface area (Å²) in [5, 5.41) is 14.3. The number of benzene rings is 1. The normalized spacial score (nSPS) is 10.6. The molecule has 6 nitrogen and oxygen atoms in total. The molecular formula is C11H9N3O3. The summed E-state index contributed by atoms with van der Waals surface area (Å²) in [4.78, 5) is 9.98. The highest BCUT2D eigenvalue weighted by atomic mass is 16.6. The smallest absolute Gasteiger partial charge is 0.269 e. The first-order chi connectivity index (χ1) is 8.25. The van der Waals surface area contributed by atoms with Crippen LogP contribution in [-0.2, 0) is 0 Å². The number of rotatable bonds is 4. The fraction of sp³-hybridized carbons (Fsp3) is 0. The molecule has 0 saturated heterocycles. The molecule has 17 heavy (non-hydrogen) atoms. The lowest BCUT2D eigenvalue weighted by atomic mass is 10.3. The Labute approximate surface area is 96.7 Å². The molecule has 1 aromatic heterocycles. The van der Waals surface area contributed by atoms with Crippen molar-refractivity contribution < 1.29 is 9.34 Å². The zero-order valence-electron chi connectivity index (χ0n) is 8.74. The zero-order chi connectivity index (χ0) is 12.1. The molecule has 0 saturated carbocycles. The minimum absolute atomic E-state index is 0.0468. The van der Waals surface area contributed by atoms with E-state index in [0.29, 0.717) is 11.4 Å². The summed E-state index contributed by atoms with van der Waals surface area (Å²) in [6.45, 7) is 0. The SMILES string of the molecule is O=[N+]([O-])c1ccc(NN=Cc2ccco2)cc1. The highest BCUT2D eigenvalue weighted by molar-refractivity contribution is 5.76. The van der Waals surface area contributed by atoms with Crippen molar-refractivity contribution in [3.63, 3.8) is 0 Å². The van der Waals surface area contributed by atoms with Gasteiger partial charge >= 0.3 is 0 Å². The summed E-state index contributed by atoms with van der Waals surface area (Å²) < 4.78 is 5.04. The summed E-state index contributed by atoms with van der Waals surface area (Å²) in [7, 11) is 0. The van der Waals surface area contributed by atoms with E-state index >= 15 is 0 Å². The highest BCUT2D eigenvalue weighted by Gasteiger charge is 2.02. The van der Waals surface area contributed by atoms with Crippen molar-refractivity contribution in [3.8, 4) is 0 Å². The number of hydrazone groups is 1. The predicted octanol–water partition coefficient (Wildman–Crippen LogP) is 2.63. The van der Waals surface area contributed by atoms with Gasteiger partial charge in [-0.25, -0.2) is 0 Å². The second-order valence-electron chi connectivity index (χ2n) is 3.19. The van der Waals surface area contributed by atoms with Crippen LogP contribution in [-0.4, -0.2) is 11.1 Å². The zero-order valence-corrected chi connectivity index (χ0v) is 8.74. The molecule has 0 aliphatic rings. The van der Waals surface area contributed by atoms with Gasteiger partial charge in [-0.1, -0.05) is 0 Å². The van der Waals surface area contributed by atoms with Crippen LogP contribution >= 0.6 is 0 Å². The van der Waals surface area contributed by atoms with Gasteiger partial charge in [-0.05, 0) is 24.3 Å². The van der Waals surface area contributed by atoms with Gasteiger partial charge in [0.15, 0.2) is 0 Å². The Kier molecular flexibility index (Phi) is 3.15. The van der Waals surface area contributed by atoms with Gasteiger partial charge in [-0.15, -0.1) is 0 Å². The summed E-state index contributed by atoms with van der Waals surface area (Å²) in [6.07, 6.45) is 3.06.